The van der Waals surface area contributed by atoms with Gasteiger partial charge in [-0.05, 0) is 84.5 Å². The van der Waals surface area contributed by atoms with Crippen molar-refractivity contribution in [2.24, 2.45) is 5.10 Å². The van der Waals surface area contributed by atoms with Gasteiger partial charge in [-0.1, -0.05) is 11.6 Å². The van der Waals surface area contributed by atoms with E-state index in [9.17, 15) is 9.90 Å². The Kier molecular flexibility index (Phi) is 5.52. The second-order valence-electron chi connectivity index (χ2n) is 5.62. The molecule has 3 rings (SSSR count). The van der Waals surface area contributed by atoms with E-state index in [0.29, 0.717) is 29.1 Å². The zero-order chi connectivity index (χ0) is 18.8. The predicted octanol–water partition coefficient (Wildman–Crippen LogP) is 4.86. The van der Waals surface area contributed by atoms with Gasteiger partial charge in [-0.3, -0.25) is 4.79 Å². The number of hydrogen-bond donors (Lipinski definition) is 1. The summed E-state index contributed by atoms with van der Waals surface area (Å²) in [5, 5.41) is 15.9. The van der Waals surface area contributed by atoms with Crippen LogP contribution in [0.15, 0.2) is 47.1 Å². The van der Waals surface area contributed by atoms with Crippen LogP contribution in [0.5, 0.6) is 11.5 Å². The van der Waals surface area contributed by atoms with Gasteiger partial charge < -0.3 is 9.84 Å². The van der Waals surface area contributed by atoms with Crippen LogP contribution >= 0.6 is 34.2 Å². The summed E-state index contributed by atoms with van der Waals surface area (Å²) in [6.45, 7) is 3.99. The fourth-order valence-electron chi connectivity index (χ4n) is 2.55. The average molecular weight is 483 g/mol. The van der Waals surface area contributed by atoms with Crippen LogP contribution in [0.4, 0.5) is 5.69 Å². The Bertz CT molecular complexity index is 923. The summed E-state index contributed by atoms with van der Waals surface area (Å²) in [6, 6.07) is 10.8. The smallest absolute Gasteiger partial charge is 0.280 e. The average Bonchev–Trinajstić information content (AvgIpc) is 2.88. The van der Waals surface area contributed by atoms with Crippen molar-refractivity contribution in [1.29, 1.82) is 0 Å². The third kappa shape index (κ3) is 3.71. The molecule has 0 fully saturated rings. The second-order valence-corrected chi connectivity index (χ2v) is 7.27. The molecule has 1 heterocycles. The van der Waals surface area contributed by atoms with Gasteiger partial charge in [0.15, 0.2) is 11.5 Å². The Morgan fingerprint density at radius 3 is 2.65 bits per heavy atom. The van der Waals surface area contributed by atoms with Crippen LogP contribution in [-0.2, 0) is 4.79 Å². The number of amides is 1. The van der Waals surface area contributed by atoms with E-state index < -0.39 is 0 Å². The van der Waals surface area contributed by atoms with E-state index in [4.69, 9.17) is 16.3 Å². The molecule has 2 aromatic carbocycles. The number of anilines is 1. The molecular weight excluding hydrogens is 467 g/mol. The predicted molar refractivity (Wildman–Crippen MR) is 112 cm³/mol. The van der Waals surface area contributed by atoms with Crippen molar-refractivity contribution in [3.8, 4) is 11.5 Å². The van der Waals surface area contributed by atoms with E-state index in [1.807, 2.05) is 31.2 Å². The zero-order valence-corrected chi connectivity index (χ0v) is 17.1. The van der Waals surface area contributed by atoms with Gasteiger partial charge in [0, 0.05) is 3.57 Å². The summed E-state index contributed by atoms with van der Waals surface area (Å²) < 4.78 is 6.47. The topological polar surface area (TPSA) is 62.1 Å². The molecule has 1 N–H and O–H groups in total. The largest absolute Gasteiger partial charge is 0.503 e. The normalized spacial score (nSPS) is 15.5. The summed E-state index contributed by atoms with van der Waals surface area (Å²) in [6.07, 6.45) is 1.70. The number of carbonyl (C=O) groups excluding carboxylic acids is 1. The van der Waals surface area contributed by atoms with Gasteiger partial charge >= 0.3 is 0 Å². The number of phenolic OH excluding ortho intramolecular Hbond substituents is 1. The highest BCUT2D eigenvalue weighted by atomic mass is 127. The SMILES string of the molecule is CCOc1cc(C=C2C(=O)N(c3ccc(I)cc3)N=C2C)cc(Cl)c1O. The number of ether oxygens (including phenoxy) is 1. The highest BCUT2D eigenvalue weighted by Gasteiger charge is 2.28. The fraction of sp³-hybridized carbons (Fsp3) is 0.158. The van der Waals surface area contributed by atoms with E-state index in [0.717, 1.165) is 3.57 Å². The minimum Gasteiger partial charge on any atom is -0.503 e. The molecule has 7 heteroatoms. The Morgan fingerprint density at radius 2 is 2.00 bits per heavy atom. The molecule has 1 aliphatic rings. The van der Waals surface area contributed by atoms with E-state index in [-0.39, 0.29) is 22.4 Å². The van der Waals surface area contributed by atoms with Gasteiger partial charge in [-0.15, -0.1) is 0 Å². The monoisotopic (exact) mass is 482 g/mol. The molecular formula is C19H16ClIN2O3. The molecule has 134 valence electrons. The fourth-order valence-corrected chi connectivity index (χ4v) is 3.13. The standard InChI is InChI=1S/C19H16ClIN2O3/c1-3-26-17-10-12(9-16(20)18(17)24)8-15-11(2)22-23(19(15)25)14-6-4-13(21)5-7-14/h4-10,24H,3H2,1-2H3. The Morgan fingerprint density at radius 1 is 1.31 bits per heavy atom. The van der Waals surface area contributed by atoms with Crippen molar-refractivity contribution in [2.45, 2.75) is 13.8 Å². The van der Waals surface area contributed by atoms with Gasteiger partial charge in [0.2, 0.25) is 0 Å². The van der Waals surface area contributed by atoms with E-state index >= 15 is 0 Å². The molecule has 2 aromatic rings. The number of aromatic hydroxyl groups is 1. The molecule has 0 aromatic heterocycles. The van der Waals surface area contributed by atoms with Crippen LogP contribution in [-0.4, -0.2) is 23.3 Å². The third-order valence-electron chi connectivity index (χ3n) is 3.80. The lowest BCUT2D eigenvalue weighted by atomic mass is 10.1. The molecule has 0 spiro atoms. The number of phenols is 1. The molecule has 0 unspecified atom stereocenters. The minimum absolute atomic E-state index is 0.112. The first-order chi connectivity index (χ1) is 12.4. The maximum atomic E-state index is 12.8. The molecule has 0 saturated heterocycles. The maximum Gasteiger partial charge on any atom is 0.280 e. The number of carbonyl (C=O) groups is 1. The lowest BCUT2D eigenvalue weighted by Gasteiger charge is -2.12. The number of nitrogens with zero attached hydrogens (tertiary/aromatic N) is 2. The first kappa shape index (κ1) is 18.7. The Hall–Kier alpha value is -2.06. The number of rotatable bonds is 4. The highest BCUT2D eigenvalue weighted by Crippen LogP contribution is 2.36. The molecule has 0 aliphatic carbocycles. The lowest BCUT2D eigenvalue weighted by Crippen LogP contribution is -2.21. The summed E-state index contributed by atoms with van der Waals surface area (Å²) >= 11 is 8.27. The van der Waals surface area contributed by atoms with E-state index in [2.05, 4.69) is 27.7 Å². The van der Waals surface area contributed by atoms with Crippen molar-refractivity contribution in [3.05, 3.63) is 56.1 Å². The van der Waals surface area contributed by atoms with Crippen molar-refractivity contribution in [2.75, 3.05) is 11.6 Å². The first-order valence-corrected chi connectivity index (χ1v) is 9.39. The molecule has 26 heavy (non-hydrogen) atoms. The number of hydrogen-bond acceptors (Lipinski definition) is 4. The van der Waals surface area contributed by atoms with Crippen LogP contribution in [0.2, 0.25) is 5.02 Å². The van der Waals surface area contributed by atoms with Gasteiger partial charge in [0.1, 0.15) is 0 Å². The van der Waals surface area contributed by atoms with Crippen LogP contribution in [0.25, 0.3) is 6.08 Å². The first-order valence-electron chi connectivity index (χ1n) is 7.93. The quantitative estimate of drug-likeness (QED) is 0.500. The van der Waals surface area contributed by atoms with Crippen molar-refractivity contribution in [1.82, 2.24) is 0 Å². The number of benzene rings is 2. The third-order valence-corrected chi connectivity index (χ3v) is 4.80. The van der Waals surface area contributed by atoms with Crippen LogP contribution in [0.3, 0.4) is 0 Å². The Balaban J connectivity index is 1.96. The minimum atomic E-state index is -0.217. The van der Waals surface area contributed by atoms with Crippen LogP contribution in [0, 0.1) is 3.57 Å². The molecule has 0 bridgehead atoms. The number of halogens is 2. The van der Waals surface area contributed by atoms with Crippen LogP contribution in [0.1, 0.15) is 19.4 Å². The van der Waals surface area contributed by atoms with Crippen molar-refractivity contribution in [3.63, 3.8) is 0 Å². The summed E-state index contributed by atoms with van der Waals surface area (Å²) in [5.41, 5.74) is 2.43. The van der Waals surface area contributed by atoms with Crippen molar-refractivity contribution >= 4 is 57.6 Å². The second kappa shape index (κ2) is 7.67. The lowest BCUT2D eigenvalue weighted by molar-refractivity contribution is -0.114. The number of hydrazone groups is 1. The van der Waals surface area contributed by atoms with Gasteiger partial charge in [0.05, 0.1) is 28.6 Å². The van der Waals surface area contributed by atoms with Crippen LogP contribution < -0.4 is 9.75 Å². The van der Waals surface area contributed by atoms with Crippen molar-refractivity contribution < 1.29 is 14.6 Å². The summed E-state index contributed by atoms with van der Waals surface area (Å²) in [4.78, 5) is 12.8. The summed E-state index contributed by atoms with van der Waals surface area (Å²) in [7, 11) is 0. The molecule has 0 atom stereocenters. The molecule has 1 aliphatic heterocycles. The van der Waals surface area contributed by atoms with E-state index in [1.54, 1.807) is 25.1 Å². The zero-order valence-electron chi connectivity index (χ0n) is 14.2. The molecule has 0 radical (unpaired) electrons. The maximum absolute atomic E-state index is 12.8. The Labute approximate surface area is 170 Å². The molecule has 0 saturated carbocycles. The molecule has 1 amide bonds. The highest BCUT2D eigenvalue weighted by molar-refractivity contribution is 14.1. The van der Waals surface area contributed by atoms with E-state index in [1.165, 1.54) is 5.01 Å². The van der Waals surface area contributed by atoms with Gasteiger partial charge in [-0.2, -0.15) is 10.1 Å². The molecule has 5 nitrogen and oxygen atoms in total. The van der Waals surface area contributed by atoms with Gasteiger partial charge in [-0.25, -0.2) is 0 Å². The summed E-state index contributed by atoms with van der Waals surface area (Å²) in [5.74, 6) is -0.0495. The van der Waals surface area contributed by atoms with Gasteiger partial charge in [0.25, 0.3) is 5.91 Å².